The molecular weight excluding hydrogens is 612 g/mol. The van der Waals surface area contributed by atoms with Crippen molar-refractivity contribution in [1.82, 2.24) is 14.7 Å². The Hall–Kier alpha value is -4.59. The van der Waals surface area contributed by atoms with E-state index in [4.69, 9.17) is 21.4 Å². The average Bonchev–Trinajstić information content (AvgIpc) is 3.69. The molecule has 1 fully saturated rings. The molecule has 2 aliphatic heterocycles. The fourth-order valence-corrected chi connectivity index (χ4v) is 6.92. The van der Waals surface area contributed by atoms with E-state index in [-0.39, 0.29) is 5.91 Å². The molecule has 3 heterocycles. The topological polar surface area (TPSA) is 59.7 Å². The Morgan fingerprint density at radius 3 is 2.26 bits per heavy atom. The van der Waals surface area contributed by atoms with Crippen molar-refractivity contribution in [2.24, 2.45) is 10.9 Å². The summed E-state index contributed by atoms with van der Waals surface area (Å²) in [5, 5.41) is 6.45. The molecule has 1 amide bonds. The first-order valence-electron chi connectivity index (χ1n) is 15.5. The van der Waals surface area contributed by atoms with Gasteiger partial charge in [-0.1, -0.05) is 72.3 Å². The molecule has 46 heavy (non-hydrogen) atoms. The molecule has 4 aromatic carbocycles. The smallest absolute Gasteiger partial charge is 0.286 e. The van der Waals surface area contributed by atoms with Crippen molar-refractivity contribution in [3.63, 3.8) is 0 Å². The van der Waals surface area contributed by atoms with Crippen LogP contribution in [-0.4, -0.2) is 38.8 Å². The molecule has 0 radical (unpaired) electrons. The normalized spacial score (nSPS) is 16.2. The molecule has 0 N–H and O–H groups in total. The Labute approximate surface area is 278 Å². The maximum atomic E-state index is 13.2. The maximum Gasteiger partial charge on any atom is 0.286 e. The summed E-state index contributed by atoms with van der Waals surface area (Å²) in [6.45, 7) is 2.27. The number of likely N-dealkylation sites (tertiary alicyclic amines) is 1. The van der Waals surface area contributed by atoms with Crippen molar-refractivity contribution in [2.45, 2.75) is 25.9 Å². The number of hydrogen-bond acceptors (Lipinski definition) is 5. The molecule has 0 atom stereocenters. The van der Waals surface area contributed by atoms with Crippen LogP contribution in [0.25, 0.3) is 23.0 Å². The zero-order valence-corrected chi connectivity index (χ0v) is 26.8. The first-order chi connectivity index (χ1) is 22.6. The molecule has 0 spiro atoms. The van der Waals surface area contributed by atoms with Crippen molar-refractivity contribution in [3.05, 3.63) is 142 Å². The van der Waals surface area contributed by atoms with Gasteiger partial charge in [-0.05, 0) is 103 Å². The standard InChI is InChI=1S/C38H33ClN4O2S/c39-32-15-11-29(12-16-32)26-45-34-17-13-30(14-18-34)36-31(25-43(41-36)33-9-5-2-6-10-33)24-35-37(44)40-38(46-35)42-21-19-28(20-22-42)23-27-7-3-1-4-8-27/h1-18,24-25,28H,19-23,26H2/b35-24-. The van der Waals surface area contributed by atoms with Gasteiger partial charge in [0.05, 0.1) is 16.3 Å². The quantitative estimate of drug-likeness (QED) is 0.158. The molecule has 2 aliphatic rings. The second-order valence-corrected chi connectivity index (χ2v) is 13.0. The summed E-state index contributed by atoms with van der Waals surface area (Å²) >= 11 is 7.47. The largest absolute Gasteiger partial charge is 0.489 e. The highest BCUT2D eigenvalue weighted by molar-refractivity contribution is 8.18. The van der Waals surface area contributed by atoms with Crippen molar-refractivity contribution < 1.29 is 9.53 Å². The summed E-state index contributed by atoms with van der Waals surface area (Å²) in [5.74, 6) is 1.21. The summed E-state index contributed by atoms with van der Waals surface area (Å²) in [5.41, 5.74) is 5.94. The van der Waals surface area contributed by atoms with E-state index < -0.39 is 0 Å². The van der Waals surface area contributed by atoms with Crippen LogP contribution in [0.1, 0.15) is 29.5 Å². The number of halogens is 1. The number of aliphatic imine (C=N–C) groups is 1. The second kappa shape index (κ2) is 13.8. The van der Waals surface area contributed by atoms with Gasteiger partial charge in [0.15, 0.2) is 5.17 Å². The lowest BCUT2D eigenvalue weighted by Crippen LogP contribution is -2.37. The number of thioether (sulfide) groups is 1. The first-order valence-corrected chi connectivity index (χ1v) is 16.7. The highest BCUT2D eigenvalue weighted by atomic mass is 35.5. The molecule has 230 valence electrons. The van der Waals surface area contributed by atoms with Gasteiger partial charge in [0.1, 0.15) is 12.4 Å². The van der Waals surface area contributed by atoms with Gasteiger partial charge >= 0.3 is 0 Å². The molecule has 1 aromatic heterocycles. The number of aromatic nitrogens is 2. The summed E-state index contributed by atoms with van der Waals surface area (Å²) in [4.78, 5) is 20.5. The molecule has 6 nitrogen and oxygen atoms in total. The van der Waals surface area contributed by atoms with Gasteiger partial charge in [-0.15, -0.1) is 0 Å². The minimum Gasteiger partial charge on any atom is -0.489 e. The Morgan fingerprint density at radius 1 is 0.848 bits per heavy atom. The number of benzene rings is 4. The van der Waals surface area contributed by atoms with E-state index in [0.29, 0.717) is 22.5 Å². The van der Waals surface area contributed by atoms with Crippen LogP contribution in [0.15, 0.2) is 125 Å². The molecule has 7 rings (SSSR count). The molecule has 0 saturated carbocycles. The third-order valence-corrected chi connectivity index (χ3v) is 9.65. The van der Waals surface area contributed by atoms with E-state index >= 15 is 0 Å². The van der Waals surface area contributed by atoms with Crippen LogP contribution in [0.3, 0.4) is 0 Å². The number of carbonyl (C=O) groups is 1. The molecule has 8 heteroatoms. The monoisotopic (exact) mass is 644 g/mol. The van der Waals surface area contributed by atoms with Crippen LogP contribution in [0.2, 0.25) is 5.02 Å². The van der Waals surface area contributed by atoms with Gasteiger partial charge in [0.2, 0.25) is 0 Å². The maximum absolute atomic E-state index is 13.2. The van der Waals surface area contributed by atoms with Crippen LogP contribution in [0, 0.1) is 5.92 Å². The fraction of sp³-hybridized carbons (Fsp3) is 0.184. The van der Waals surface area contributed by atoms with Crippen LogP contribution in [0.5, 0.6) is 5.75 Å². The molecular formula is C38H33ClN4O2S. The Kier molecular flexibility index (Phi) is 9.03. The van der Waals surface area contributed by atoms with Crippen molar-refractivity contribution in [3.8, 4) is 22.7 Å². The van der Waals surface area contributed by atoms with Crippen LogP contribution >= 0.6 is 23.4 Å². The second-order valence-electron chi connectivity index (χ2n) is 11.6. The fourth-order valence-electron chi connectivity index (χ4n) is 5.84. The number of nitrogens with zero attached hydrogens (tertiary/aromatic N) is 4. The molecule has 0 bridgehead atoms. The Morgan fingerprint density at radius 2 is 1.54 bits per heavy atom. The van der Waals surface area contributed by atoms with Gasteiger partial charge in [-0.25, -0.2) is 4.68 Å². The number of hydrogen-bond donors (Lipinski definition) is 0. The number of carbonyl (C=O) groups excluding carboxylic acids is 1. The lowest BCUT2D eigenvalue weighted by molar-refractivity contribution is -0.113. The SMILES string of the molecule is O=C1N=C(N2CCC(Cc3ccccc3)CC2)S/C1=C\c1cn(-c2ccccc2)nc1-c1ccc(OCc2ccc(Cl)cc2)cc1. The minimum atomic E-state index is -0.198. The first kappa shape index (κ1) is 30.1. The summed E-state index contributed by atoms with van der Waals surface area (Å²) in [7, 11) is 0. The van der Waals surface area contributed by atoms with Crippen molar-refractivity contribution in [1.29, 1.82) is 0 Å². The van der Waals surface area contributed by atoms with E-state index in [9.17, 15) is 4.79 Å². The van der Waals surface area contributed by atoms with Gasteiger partial charge < -0.3 is 9.64 Å². The van der Waals surface area contributed by atoms with Crippen LogP contribution in [-0.2, 0) is 17.8 Å². The number of piperidine rings is 1. The average molecular weight is 645 g/mol. The molecule has 5 aromatic rings. The number of amidine groups is 1. The highest BCUT2D eigenvalue weighted by Gasteiger charge is 2.29. The molecule has 0 aliphatic carbocycles. The summed E-state index contributed by atoms with van der Waals surface area (Å²) in [6, 6.07) is 36.2. The number of rotatable bonds is 8. The van der Waals surface area contributed by atoms with Crippen LogP contribution in [0.4, 0.5) is 0 Å². The van der Waals surface area contributed by atoms with Gasteiger partial charge in [-0.2, -0.15) is 10.1 Å². The van der Waals surface area contributed by atoms with Crippen molar-refractivity contribution >= 4 is 40.5 Å². The number of ether oxygens (including phenoxy) is 1. The summed E-state index contributed by atoms with van der Waals surface area (Å²) < 4.78 is 7.86. The minimum absolute atomic E-state index is 0.198. The third kappa shape index (κ3) is 7.11. The van der Waals surface area contributed by atoms with Crippen molar-refractivity contribution in [2.75, 3.05) is 13.1 Å². The summed E-state index contributed by atoms with van der Waals surface area (Å²) in [6.07, 6.45) is 7.19. The Balaban J connectivity index is 1.07. The van der Waals surface area contributed by atoms with E-state index in [1.807, 2.05) is 95.8 Å². The van der Waals surface area contributed by atoms with Gasteiger partial charge in [-0.3, -0.25) is 4.79 Å². The lowest BCUT2D eigenvalue weighted by Gasteiger charge is -2.32. The molecule has 0 unspecified atom stereocenters. The van der Waals surface area contributed by atoms with E-state index in [2.05, 4.69) is 40.2 Å². The van der Waals surface area contributed by atoms with E-state index in [0.717, 1.165) is 71.3 Å². The number of para-hydroxylation sites is 1. The lowest BCUT2D eigenvalue weighted by atomic mass is 9.90. The number of amides is 1. The zero-order chi connectivity index (χ0) is 31.3. The van der Waals surface area contributed by atoms with E-state index in [1.54, 1.807) is 0 Å². The third-order valence-electron chi connectivity index (χ3n) is 8.36. The highest BCUT2D eigenvalue weighted by Crippen LogP contribution is 2.35. The zero-order valence-electron chi connectivity index (χ0n) is 25.3. The van der Waals surface area contributed by atoms with E-state index in [1.165, 1.54) is 17.3 Å². The predicted octanol–water partition coefficient (Wildman–Crippen LogP) is 8.70. The predicted molar refractivity (Wildman–Crippen MR) is 187 cm³/mol. The molecule has 1 saturated heterocycles. The van der Waals surface area contributed by atoms with Crippen LogP contribution < -0.4 is 4.74 Å². The van der Waals surface area contributed by atoms with Gasteiger partial charge in [0.25, 0.3) is 5.91 Å². The van der Waals surface area contributed by atoms with Gasteiger partial charge in [0, 0.05) is 35.4 Å². The Bertz CT molecular complexity index is 1860.